The molecule has 1 atom stereocenters. The SMILES string of the molecule is COc1cccc(/C=c2\sc3n(c2=O)C(N)=C(C#N)C(c2cccc(OC)c2)C=3C(=O)NCCN2CCNCC2)c1. The second-order valence-corrected chi connectivity index (χ2v) is 10.7. The van der Waals surface area contributed by atoms with E-state index in [2.05, 4.69) is 21.6 Å². The summed E-state index contributed by atoms with van der Waals surface area (Å²) >= 11 is 1.18. The first-order valence-electron chi connectivity index (χ1n) is 13.3. The standard InChI is InChI=1S/C30H32N6O4S/c1-39-21-7-3-5-19(15-21)16-24-29(38)36-27(32)23(18-31)25(20-6-4-8-22(17-20)40-2)26(30(36)41-24)28(37)34-11-14-35-12-9-33-10-13-35/h3-8,15-17,25,33H,9-14,32H2,1-2H3,(H,34,37)/b24-16-. The van der Waals surface area contributed by atoms with Crippen LogP contribution in [0.5, 0.6) is 11.5 Å². The molecule has 0 spiro atoms. The third-order valence-electron chi connectivity index (χ3n) is 7.26. The number of carbonyl (C=O) groups is 1. The van der Waals surface area contributed by atoms with Gasteiger partial charge in [-0.2, -0.15) is 5.26 Å². The van der Waals surface area contributed by atoms with E-state index in [9.17, 15) is 14.9 Å². The highest BCUT2D eigenvalue weighted by Gasteiger charge is 2.35. The number of nitrogens with one attached hydrogen (secondary N) is 2. The fourth-order valence-corrected chi connectivity index (χ4v) is 6.34. The summed E-state index contributed by atoms with van der Waals surface area (Å²) in [5.41, 5.74) is 7.98. The number of hydrogen-bond acceptors (Lipinski definition) is 9. The molecule has 0 bridgehead atoms. The predicted molar refractivity (Wildman–Crippen MR) is 159 cm³/mol. The zero-order valence-corrected chi connectivity index (χ0v) is 23.8. The number of piperazine rings is 1. The van der Waals surface area contributed by atoms with Gasteiger partial charge in [0.05, 0.1) is 41.9 Å². The number of ether oxygens (including phenoxy) is 2. The average Bonchev–Trinajstić information content (AvgIpc) is 3.32. The highest BCUT2D eigenvalue weighted by Crippen LogP contribution is 2.37. The lowest BCUT2D eigenvalue weighted by atomic mass is 9.83. The third-order valence-corrected chi connectivity index (χ3v) is 8.36. The van der Waals surface area contributed by atoms with Crippen LogP contribution in [0, 0.1) is 11.3 Å². The van der Waals surface area contributed by atoms with Crippen LogP contribution >= 0.6 is 11.3 Å². The summed E-state index contributed by atoms with van der Waals surface area (Å²) in [6.45, 7) is 4.75. The Labute approximate surface area is 241 Å². The normalized spacial score (nSPS) is 17.6. The number of thiazole rings is 1. The minimum absolute atomic E-state index is 0.0132. The Balaban J connectivity index is 1.67. The number of benzene rings is 2. The largest absolute Gasteiger partial charge is 0.497 e. The molecule has 2 aromatic carbocycles. The van der Waals surface area contributed by atoms with E-state index in [1.165, 1.54) is 15.9 Å². The van der Waals surface area contributed by atoms with Gasteiger partial charge in [0.25, 0.3) is 11.5 Å². The van der Waals surface area contributed by atoms with Gasteiger partial charge in [-0.05, 0) is 41.5 Å². The number of carbonyl (C=O) groups excluding carboxylic acids is 1. The molecule has 11 heteroatoms. The van der Waals surface area contributed by atoms with E-state index in [1.807, 2.05) is 30.3 Å². The van der Waals surface area contributed by atoms with Crippen LogP contribution in [0.25, 0.3) is 17.5 Å². The van der Waals surface area contributed by atoms with E-state index < -0.39 is 11.5 Å². The smallest absolute Gasteiger partial charge is 0.274 e. The van der Waals surface area contributed by atoms with Crippen molar-refractivity contribution in [1.82, 2.24) is 20.1 Å². The Hall–Kier alpha value is -4.37. The molecule has 41 heavy (non-hydrogen) atoms. The molecule has 1 unspecified atom stereocenters. The Morgan fingerprint density at radius 3 is 2.59 bits per heavy atom. The van der Waals surface area contributed by atoms with Crippen molar-refractivity contribution in [3.8, 4) is 17.6 Å². The van der Waals surface area contributed by atoms with Gasteiger partial charge in [0.15, 0.2) is 0 Å². The van der Waals surface area contributed by atoms with E-state index in [4.69, 9.17) is 15.2 Å². The van der Waals surface area contributed by atoms with Gasteiger partial charge in [-0.25, -0.2) is 0 Å². The molecular weight excluding hydrogens is 540 g/mol. The van der Waals surface area contributed by atoms with Gasteiger partial charge in [-0.3, -0.25) is 19.1 Å². The minimum Gasteiger partial charge on any atom is -0.497 e. The van der Waals surface area contributed by atoms with Gasteiger partial charge >= 0.3 is 0 Å². The second-order valence-electron chi connectivity index (χ2n) is 9.71. The van der Waals surface area contributed by atoms with Crippen molar-refractivity contribution in [2.45, 2.75) is 5.92 Å². The molecule has 1 amide bonds. The zero-order chi connectivity index (χ0) is 28.9. The molecule has 3 heterocycles. The van der Waals surface area contributed by atoms with Crippen molar-refractivity contribution in [3.05, 3.63) is 84.8 Å². The molecule has 0 radical (unpaired) electrons. The first-order chi connectivity index (χ1) is 19.9. The van der Waals surface area contributed by atoms with Gasteiger partial charge in [-0.1, -0.05) is 24.3 Å². The lowest BCUT2D eigenvalue weighted by Crippen LogP contribution is -2.47. The second kappa shape index (κ2) is 12.4. The number of rotatable bonds is 8. The Bertz CT molecular complexity index is 1710. The maximum atomic E-state index is 14.0. The van der Waals surface area contributed by atoms with Gasteiger partial charge in [-0.15, -0.1) is 11.3 Å². The Kier molecular flexibility index (Phi) is 8.54. The van der Waals surface area contributed by atoms with Crippen molar-refractivity contribution in [2.75, 3.05) is 53.5 Å². The maximum absolute atomic E-state index is 14.0. The number of allylic oxidation sites excluding steroid dienone is 1. The molecular formula is C30H32N6O4S. The molecule has 5 rings (SSSR count). The molecule has 3 aromatic rings. The van der Waals surface area contributed by atoms with Gasteiger partial charge in [0.1, 0.15) is 22.0 Å². The van der Waals surface area contributed by atoms with Gasteiger partial charge in [0.2, 0.25) is 0 Å². The van der Waals surface area contributed by atoms with E-state index in [-0.39, 0.29) is 17.3 Å². The highest BCUT2D eigenvalue weighted by molar-refractivity contribution is 7.07. The summed E-state index contributed by atoms with van der Waals surface area (Å²) in [5.74, 6) is 0.117. The summed E-state index contributed by atoms with van der Waals surface area (Å²) in [5, 5.41) is 16.6. The van der Waals surface area contributed by atoms with Gasteiger partial charge < -0.3 is 25.8 Å². The molecule has 4 N–H and O–H groups in total. The van der Waals surface area contributed by atoms with Crippen LogP contribution in [-0.2, 0) is 4.79 Å². The van der Waals surface area contributed by atoms with Crippen LogP contribution in [0.4, 0.5) is 0 Å². The molecule has 0 aliphatic carbocycles. The fourth-order valence-electron chi connectivity index (χ4n) is 5.16. The van der Waals surface area contributed by atoms with Crippen LogP contribution in [-0.4, -0.2) is 68.9 Å². The van der Waals surface area contributed by atoms with Crippen molar-refractivity contribution in [2.24, 2.45) is 5.73 Å². The minimum atomic E-state index is -0.781. The predicted octanol–water partition coefficient (Wildman–Crippen LogP) is 0.376. The van der Waals surface area contributed by atoms with Crippen molar-refractivity contribution < 1.29 is 14.3 Å². The Morgan fingerprint density at radius 2 is 1.88 bits per heavy atom. The third kappa shape index (κ3) is 5.76. The van der Waals surface area contributed by atoms with Crippen LogP contribution < -0.4 is 40.6 Å². The number of nitriles is 1. The number of amides is 1. The van der Waals surface area contributed by atoms with Crippen molar-refractivity contribution in [3.63, 3.8) is 0 Å². The van der Waals surface area contributed by atoms with Crippen LogP contribution in [0.15, 0.2) is 58.9 Å². The number of nitrogens with two attached hydrogens (primary N) is 1. The van der Waals surface area contributed by atoms with Crippen LogP contribution in [0.2, 0.25) is 0 Å². The molecule has 10 nitrogen and oxygen atoms in total. The highest BCUT2D eigenvalue weighted by atomic mass is 32.1. The van der Waals surface area contributed by atoms with E-state index in [0.717, 1.165) is 31.7 Å². The monoisotopic (exact) mass is 572 g/mol. The van der Waals surface area contributed by atoms with Crippen LogP contribution in [0.1, 0.15) is 17.0 Å². The molecule has 212 valence electrons. The first-order valence-corrected chi connectivity index (χ1v) is 14.1. The maximum Gasteiger partial charge on any atom is 0.274 e. The summed E-state index contributed by atoms with van der Waals surface area (Å²) in [6.07, 6.45) is 1.74. The number of nitrogens with zero attached hydrogens (tertiary/aromatic N) is 3. The molecule has 1 aromatic heterocycles. The van der Waals surface area contributed by atoms with Crippen LogP contribution in [0.3, 0.4) is 0 Å². The topological polar surface area (TPSA) is 135 Å². The molecule has 2 aliphatic heterocycles. The van der Waals surface area contributed by atoms with E-state index in [0.29, 0.717) is 44.9 Å². The van der Waals surface area contributed by atoms with Crippen molar-refractivity contribution >= 4 is 34.7 Å². The lowest BCUT2D eigenvalue weighted by Gasteiger charge is -2.28. The average molecular weight is 573 g/mol. The summed E-state index contributed by atoms with van der Waals surface area (Å²) in [7, 11) is 3.13. The summed E-state index contributed by atoms with van der Waals surface area (Å²) in [4.78, 5) is 29.9. The quantitative estimate of drug-likeness (QED) is 0.353. The van der Waals surface area contributed by atoms with Crippen molar-refractivity contribution in [1.29, 1.82) is 5.26 Å². The molecule has 0 saturated carbocycles. The number of aromatic nitrogens is 1. The molecule has 1 fully saturated rings. The van der Waals surface area contributed by atoms with Gasteiger partial charge in [0, 0.05) is 39.3 Å². The number of methoxy groups -OCH3 is 2. The lowest BCUT2D eigenvalue weighted by molar-refractivity contribution is -0.116. The Morgan fingerprint density at radius 1 is 1.17 bits per heavy atom. The molecule has 2 aliphatic rings. The summed E-state index contributed by atoms with van der Waals surface area (Å²) in [6, 6.07) is 16.7. The number of hydrogen-bond donors (Lipinski definition) is 3. The number of fused-ring (bicyclic) bond motifs is 1. The zero-order valence-electron chi connectivity index (χ0n) is 23.0. The summed E-state index contributed by atoms with van der Waals surface area (Å²) < 4.78 is 12.8. The van der Waals surface area contributed by atoms with E-state index >= 15 is 0 Å². The molecule has 1 saturated heterocycles. The van der Waals surface area contributed by atoms with E-state index in [1.54, 1.807) is 38.5 Å². The fraction of sp³-hybridized carbons (Fsp3) is 0.300. The first kappa shape index (κ1) is 28.2.